The fourth-order valence-corrected chi connectivity index (χ4v) is 3.13. The number of methoxy groups -OCH3 is 1. The zero-order chi connectivity index (χ0) is 18.5. The van der Waals surface area contributed by atoms with Crippen LogP contribution in [0.25, 0.3) is 0 Å². The first-order chi connectivity index (χ1) is 12.6. The molecule has 3 rings (SSSR count). The summed E-state index contributed by atoms with van der Waals surface area (Å²) in [5.41, 5.74) is 1.96. The van der Waals surface area contributed by atoms with E-state index in [4.69, 9.17) is 0 Å². The topological polar surface area (TPSA) is 78.5 Å². The standard InChI is InChI=1S/C19H24N4O3/c1-14-16(12-17(24)26-2)18(25)21-19(20-14)23-10-8-22(9-11-23)13-15-6-4-3-5-7-15/h3-7H,8-13H2,1-2H3,(H,20,21,25). The minimum atomic E-state index is -0.442. The minimum absolute atomic E-state index is 0.0597. The lowest BCUT2D eigenvalue weighted by Crippen LogP contribution is -2.47. The van der Waals surface area contributed by atoms with Gasteiger partial charge in [-0.15, -0.1) is 0 Å². The number of carbonyl (C=O) groups excluding carboxylic acids is 1. The lowest BCUT2D eigenvalue weighted by molar-refractivity contribution is -0.139. The lowest BCUT2D eigenvalue weighted by atomic mass is 10.2. The Morgan fingerprint density at radius 2 is 1.88 bits per heavy atom. The largest absolute Gasteiger partial charge is 0.469 e. The summed E-state index contributed by atoms with van der Waals surface area (Å²) in [7, 11) is 1.31. The van der Waals surface area contributed by atoms with Crippen molar-refractivity contribution in [1.82, 2.24) is 14.9 Å². The number of benzene rings is 1. The zero-order valence-corrected chi connectivity index (χ0v) is 15.2. The van der Waals surface area contributed by atoms with Crippen LogP contribution in [-0.4, -0.2) is 54.1 Å². The Labute approximate surface area is 152 Å². The number of ether oxygens (including phenoxy) is 1. The molecule has 1 aliphatic heterocycles. The second-order valence-electron chi connectivity index (χ2n) is 6.46. The van der Waals surface area contributed by atoms with Gasteiger partial charge in [0.1, 0.15) is 0 Å². The van der Waals surface area contributed by atoms with Crippen LogP contribution in [-0.2, 0) is 22.5 Å². The van der Waals surface area contributed by atoms with Crippen molar-refractivity contribution in [3.8, 4) is 0 Å². The monoisotopic (exact) mass is 356 g/mol. The summed E-state index contributed by atoms with van der Waals surface area (Å²) in [6, 6.07) is 10.4. The van der Waals surface area contributed by atoms with Gasteiger partial charge < -0.3 is 9.64 Å². The highest BCUT2D eigenvalue weighted by Gasteiger charge is 2.21. The van der Waals surface area contributed by atoms with Gasteiger partial charge in [0.2, 0.25) is 5.95 Å². The van der Waals surface area contributed by atoms with Crippen LogP contribution >= 0.6 is 0 Å². The molecule has 0 atom stereocenters. The number of H-pyrrole nitrogens is 1. The lowest BCUT2D eigenvalue weighted by Gasteiger charge is -2.35. The highest BCUT2D eigenvalue weighted by atomic mass is 16.5. The Morgan fingerprint density at radius 1 is 1.19 bits per heavy atom. The minimum Gasteiger partial charge on any atom is -0.469 e. The van der Waals surface area contributed by atoms with Gasteiger partial charge in [-0.1, -0.05) is 30.3 Å². The molecule has 2 aromatic rings. The quantitative estimate of drug-likeness (QED) is 0.809. The van der Waals surface area contributed by atoms with Crippen LogP contribution in [0, 0.1) is 6.92 Å². The molecule has 2 heterocycles. The molecule has 1 aromatic carbocycles. The van der Waals surface area contributed by atoms with Crippen molar-refractivity contribution >= 4 is 11.9 Å². The Bertz CT molecular complexity index is 811. The van der Waals surface area contributed by atoms with Crippen molar-refractivity contribution in [2.45, 2.75) is 19.9 Å². The first-order valence-corrected chi connectivity index (χ1v) is 8.74. The molecule has 0 spiro atoms. The number of carbonyl (C=O) groups is 1. The number of hydrogen-bond acceptors (Lipinski definition) is 6. The van der Waals surface area contributed by atoms with Crippen LogP contribution in [0.1, 0.15) is 16.8 Å². The van der Waals surface area contributed by atoms with E-state index in [1.165, 1.54) is 12.7 Å². The van der Waals surface area contributed by atoms with Gasteiger partial charge in [-0.25, -0.2) is 4.98 Å². The summed E-state index contributed by atoms with van der Waals surface area (Å²) in [4.78, 5) is 35.5. The van der Waals surface area contributed by atoms with Gasteiger partial charge in [-0.05, 0) is 12.5 Å². The van der Waals surface area contributed by atoms with E-state index in [2.05, 4.69) is 48.8 Å². The molecule has 138 valence electrons. The van der Waals surface area contributed by atoms with Crippen LogP contribution in [0.3, 0.4) is 0 Å². The van der Waals surface area contributed by atoms with Gasteiger partial charge in [0.25, 0.3) is 5.56 Å². The van der Waals surface area contributed by atoms with Crippen LogP contribution in [0.5, 0.6) is 0 Å². The van der Waals surface area contributed by atoms with Crippen molar-refractivity contribution in [3.63, 3.8) is 0 Å². The molecule has 0 amide bonds. The second-order valence-corrected chi connectivity index (χ2v) is 6.46. The van der Waals surface area contributed by atoms with Crippen LogP contribution < -0.4 is 10.5 Å². The van der Waals surface area contributed by atoms with Crippen LogP contribution in [0.2, 0.25) is 0 Å². The van der Waals surface area contributed by atoms with Crippen molar-refractivity contribution < 1.29 is 9.53 Å². The number of nitrogens with zero attached hydrogens (tertiary/aromatic N) is 3. The molecule has 1 aliphatic rings. The smallest absolute Gasteiger partial charge is 0.310 e. The predicted octanol–water partition coefficient (Wildman–Crippen LogP) is 1.12. The molecular weight excluding hydrogens is 332 g/mol. The molecule has 1 saturated heterocycles. The average Bonchev–Trinajstić information content (AvgIpc) is 2.65. The Hall–Kier alpha value is -2.67. The first-order valence-electron chi connectivity index (χ1n) is 8.74. The molecule has 1 N–H and O–H groups in total. The SMILES string of the molecule is COC(=O)Cc1c(C)nc(N2CCN(Cc3ccccc3)CC2)[nH]c1=O. The summed E-state index contributed by atoms with van der Waals surface area (Å²) >= 11 is 0. The van der Waals surface area contributed by atoms with Gasteiger partial charge in [-0.2, -0.15) is 0 Å². The highest BCUT2D eigenvalue weighted by Crippen LogP contribution is 2.14. The maximum atomic E-state index is 12.3. The maximum Gasteiger partial charge on any atom is 0.310 e. The van der Waals surface area contributed by atoms with Gasteiger partial charge >= 0.3 is 5.97 Å². The highest BCUT2D eigenvalue weighted by molar-refractivity contribution is 5.72. The number of nitrogens with one attached hydrogen (secondary N) is 1. The number of aromatic amines is 1. The number of aromatic nitrogens is 2. The van der Waals surface area contributed by atoms with Crippen LogP contribution in [0.15, 0.2) is 35.1 Å². The van der Waals surface area contributed by atoms with E-state index in [0.29, 0.717) is 17.2 Å². The van der Waals surface area contributed by atoms with E-state index in [-0.39, 0.29) is 12.0 Å². The molecule has 0 saturated carbocycles. The van der Waals surface area contributed by atoms with Crippen molar-refractivity contribution in [3.05, 3.63) is 57.5 Å². The summed E-state index contributed by atoms with van der Waals surface area (Å²) in [5, 5.41) is 0. The number of rotatable bonds is 5. The number of piperazine rings is 1. The molecule has 0 unspecified atom stereocenters. The molecule has 1 aromatic heterocycles. The molecule has 0 aliphatic carbocycles. The molecule has 1 fully saturated rings. The summed E-state index contributed by atoms with van der Waals surface area (Å²) in [6.07, 6.45) is -0.0597. The zero-order valence-electron chi connectivity index (χ0n) is 15.2. The maximum absolute atomic E-state index is 12.3. The molecular formula is C19H24N4O3. The van der Waals surface area contributed by atoms with E-state index in [1.807, 2.05) is 6.07 Å². The van der Waals surface area contributed by atoms with Crippen molar-refractivity contribution in [1.29, 1.82) is 0 Å². The fraction of sp³-hybridized carbons (Fsp3) is 0.421. The van der Waals surface area contributed by atoms with Crippen LogP contribution in [0.4, 0.5) is 5.95 Å². The predicted molar refractivity (Wildman–Crippen MR) is 99.2 cm³/mol. The Morgan fingerprint density at radius 3 is 2.50 bits per heavy atom. The number of anilines is 1. The molecule has 7 heteroatoms. The third-order valence-electron chi connectivity index (χ3n) is 4.68. The first kappa shape index (κ1) is 18.1. The molecule has 0 radical (unpaired) electrons. The van der Waals surface area contributed by atoms with E-state index in [1.54, 1.807) is 6.92 Å². The van der Waals surface area contributed by atoms with E-state index in [0.717, 1.165) is 32.7 Å². The van der Waals surface area contributed by atoms with Gasteiger partial charge in [0, 0.05) is 38.3 Å². The fourth-order valence-electron chi connectivity index (χ4n) is 3.13. The van der Waals surface area contributed by atoms with Gasteiger partial charge in [0.05, 0.1) is 19.2 Å². The van der Waals surface area contributed by atoms with Gasteiger partial charge in [0.15, 0.2) is 0 Å². The van der Waals surface area contributed by atoms with Crippen molar-refractivity contribution in [2.75, 3.05) is 38.2 Å². The second kappa shape index (κ2) is 8.14. The Balaban J connectivity index is 1.64. The molecule has 7 nitrogen and oxygen atoms in total. The third-order valence-corrected chi connectivity index (χ3v) is 4.68. The van der Waals surface area contributed by atoms with Gasteiger partial charge in [-0.3, -0.25) is 19.5 Å². The van der Waals surface area contributed by atoms with E-state index >= 15 is 0 Å². The third kappa shape index (κ3) is 4.29. The summed E-state index contributed by atoms with van der Waals surface area (Å²) in [5.74, 6) is 0.128. The number of hydrogen-bond donors (Lipinski definition) is 1. The normalized spacial score (nSPS) is 15.1. The number of aryl methyl sites for hydroxylation is 1. The Kier molecular flexibility index (Phi) is 5.68. The number of esters is 1. The van der Waals surface area contributed by atoms with E-state index in [9.17, 15) is 9.59 Å². The van der Waals surface area contributed by atoms with Crippen molar-refractivity contribution in [2.24, 2.45) is 0 Å². The molecule has 0 bridgehead atoms. The summed E-state index contributed by atoms with van der Waals surface area (Å²) < 4.78 is 4.64. The average molecular weight is 356 g/mol. The summed E-state index contributed by atoms with van der Waals surface area (Å²) in [6.45, 7) is 6.08. The van der Waals surface area contributed by atoms with E-state index < -0.39 is 5.97 Å². The molecule has 26 heavy (non-hydrogen) atoms.